The Hall–Kier alpha value is -2.20. The number of carbonyl (C=O) groups excluding carboxylic acids is 1. The average molecular weight is 305 g/mol. The van der Waals surface area contributed by atoms with Crippen LogP contribution in [-0.4, -0.2) is 12.5 Å². The Bertz CT molecular complexity index is 644. The normalized spacial score (nSPS) is 10.2. The summed E-state index contributed by atoms with van der Waals surface area (Å²) < 4.78 is 5.42. The Balaban J connectivity index is 2.02. The number of carbonyl (C=O) groups is 1. The van der Waals surface area contributed by atoms with Crippen LogP contribution in [0.25, 0.3) is 0 Å². The lowest BCUT2D eigenvalue weighted by Crippen LogP contribution is -2.23. The van der Waals surface area contributed by atoms with Gasteiger partial charge in [0.25, 0.3) is 5.91 Å². The van der Waals surface area contributed by atoms with Gasteiger partial charge in [-0.15, -0.1) is 0 Å². The second-order valence-electron chi connectivity index (χ2n) is 4.49. The molecule has 4 nitrogen and oxygen atoms in total. The van der Waals surface area contributed by atoms with E-state index in [1.807, 2.05) is 31.2 Å². The van der Waals surface area contributed by atoms with Gasteiger partial charge in [0.05, 0.1) is 12.2 Å². The van der Waals surface area contributed by atoms with Crippen LogP contribution in [-0.2, 0) is 6.54 Å². The lowest BCUT2D eigenvalue weighted by atomic mass is 10.1. The maximum Gasteiger partial charge on any atom is 0.253 e. The van der Waals surface area contributed by atoms with E-state index in [1.165, 1.54) is 0 Å². The molecule has 0 radical (unpaired) electrons. The average Bonchev–Trinajstić information content (AvgIpc) is 2.45. The van der Waals surface area contributed by atoms with Crippen molar-refractivity contribution in [3.05, 3.63) is 58.6 Å². The highest BCUT2D eigenvalue weighted by Crippen LogP contribution is 2.18. The van der Waals surface area contributed by atoms with Crippen molar-refractivity contribution in [1.29, 1.82) is 0 Å². The highest BCUT2D eigenvalue weighted by Gasteiger charge is 2.09. The summed E-state index contributed by atoms with van der Waals surface area (Å²) in [7, 11) is 0. The molecule has 5 heteroatoms. The largest absolute Gasteiger partial charge is 0.494 e. The number of nitrogens with one attached hydrogen (secondary N) is 1. The molecule has 2 aromatic rings. The summed E-state index contributed by atoms with van der Waals surface area (Å²) in [6, 6.07) is 12.4. The van der Waals surface area contributed by atoms with Crippen molar-refractivity contribution in [1.82, 2.24) is 5.32 Å². The van der Waals surface area contributed by atoms with Gasteiger partial charge in [-0.2, -0.15) is 0 Å². The first-order chi connectivity index (χ1) is 10.1. The van der Waals surface area contributed by atoms with E-state index in [4.69, 9.17) is 22.1 Å². The standard InChI is InChI=1S/C16H17ClN2O2/c1-2-21-13-5-3-4-11(8-13)10-19-16(20)14-7-6-12(17)9-15(14)18/h3-9H,2,10,18H2,1H3,(H,19,20). The number of rotatable bonds is 5. The number of hydrogen-bond donors (Lipinski definition) is 2. The first-order valence-corrected chi connectivity index (χ1v) is 7.03. The van der Waals surface area contributed by atoms with E-state index in [0.717, 1.165) is 11.3 Å². The van der Waals surface area contributed by atoms with Crippen LogP contribution >= 0.6 is 11.6 Å². The molecule has 0 spiro atoms. The van der Waals surface area contributed by atoms with E-state index in [9.17, 15) is 4.79 Å². The predicted octanol–water partition coefficient (Wildman–Crippen LogP) is 3.25. The molecule has 2 aromatic carbocycles. The maximum atomic E-state index is 12.1. The molecule has 0 bridgehead atoms. The summed E-state index contributed by atoms with van der Waals surface area (Å²) in [4.78, 5) is 12.1. The number of nitrogen functional groups attached to an aromatic ring is 1. The smallest absolute Gasteiger partial charge is 0.253 e. The number of hydrogen-bond acceptors (Lipinski definition) is 3. The summed E-state index contributed by atoms with van der Waals surface area (Å²) in [5.74, 6) is 0.557. The van der Waals surface area contributed by atoms with Crippen molar-refractivity contribution in [2.24, 2.45) is 0 Å². The molecular formula is C16H17ClN2O2. The Morgan fingerprint density at radius 1 is 1.29 bits per heavy atom. The molecule has 0 aromatic heterocycles. The Kier molecular flexibility index (Phi) is 5.06. The molecule has 0 aliphatic rings. The van der Waals surface area contributed by atoms with Crippen molar-refractivity contribution in [3.8, 4) is 5.75 Å². The quantitative estimate of drug-likeness (QED) is 0.833. The summed E-state index contributed by atoms with van der Waals surface area (Å²) in [5, 5.41) is 3.34. The van der Waals surface area contributed by atoms with Gasteiger partial charge >= 0.3 is 0 Å². The zero-order valence-electron chi connectivity index (χ0n) is 11.7. The van der Waals surface area contributed by atoms with Crippen LogP contribution in [0.1, 0.15) is 22.8 Å². The summed E-state index contributed by atoms with van der Waals surface area (Å²) in [5.41, 5.74) is 7.53. The number of benzene rings is 2. The lowest BCUT2D eigenvalue weighted by molar-refractivity contribution is 0.0951. The SMILES string of the molecule is CCOc1cccc(CNC(=O)c2ccc(Cl)cc2N)c1. The van der Waals surface area contributed by atoms with Gasteiger partial charge in [-0.1, -0.05) is 23.7 Å². The lowest BCUT2D eigenvalue weighted by Gasteiger charge is -2.09. The summed E-state index contributed by atoms with van der Waals surface area (Å²) in [6.45, 7) is 2.94. The topological polar surface area (TPSA) is 64.3 Å². The van der Waals surface area contributed by atoms with Crippen LogP contribution in [0.2, 0.25) is 5.02 Å². The van der Waals surface area contributed by atoms with Gasteiger partial charge in [-0.3, -0.25) is 4.79 Å². The first-order valence-electron chi connectivity index (χ1n) is 6.65. The predicted molar refractivity (Wildman–Crippen MR) is 84.6 cm³/mol. The minimum atomic E-state index is -0.231. The van der Waals surface area contributed by atoms with E-state index in [1.54, 1.807) is 18.2 Å². The van der Waals surface area contributed by atoms with Crippen molar-refractivity contribution in [2.75, 3.05) is 12.3 Å². The molecule has 1 amide bonds. The summed E-state index contributed by atoms with van der Waals surface area (Å²) in [6.07, 6.45) is 0. The third kappa shape index (κ3) is 4.13. The van der Waals surface area contributed by atoms with Crippen molar-refractivity contribution in [3.63, 3.8) is 0 Å². The van der Waals surface area contributed by atoms with Crippen LogP contribution in [0.5, 0.6) is 5.75 Å². The number of anilines is 1. The van der Waals surface area contributed by atoms with E-state index in [0.29, 0.717) is 29.4 Å². The van der Waals surface area contributed by atoms with Crippen molar-refractivity contribution in [2.45, 2.75) is 13.5 Å². The van der Waals surface area contributed by atoms with Gasteiger partial charge in [0.1, 0.15) is 5.75 Å². The fourth-order valence-corrected chi connectivity index (χ4v) is 2.11. The Morgan fingerprint density at radius 2 is 2.10 bits per heavy atom. The van der Waals surface area contributed by atoms with Crippen LogP contribution < -0.4 is 15.8 Å². The number of halogens is 1. The van der Waals surface area contributed by atoms with E-state index < -0.39 is 0 Å². The number of ether oxygens (including phenoxy) is 1. The third-order valence-corrected chi connectivity index (χ3v) is 3.16. The molecule has 3 N–H and O–H groups in total. The fraction of sp³-hybridized carbons (Fsp3) is 0.188. The second-order valence-corrected chi connectivity index (χ2v) is 4.93. The molecule has 0 atom stereocenters. The van der Waals surface area contributed by atoms with Gasteiger partial charge in [0.15, 0.2) is 0 Å². The Labute approximate surface area is 128 Å². The van der Waals surface area contributed by atoms with Gasteiger partial charge in [-0.25, -0.2) is 0 Å². The highest BCUT2D eigenvalue weighted by molar-refractivity contribution is 6.31. The van der Waals surface area contributed by atoms with Crippen LogP contribution in [0.3, 0.4) is 0 Å². The van der Waals surface area contributed by atoms with E-state index in [2.05, 4.69) is 5.32 Å². The molecular weight excluding hydrogens is 288 g/mol. The molecule has 0 heterocycles. The maximum absolute atomic E-state index is 12.1. The van der Waals surface area contributed by atoms with Crippen LogP contribution in [0.4, 0.5) is 5.69 Å². The first kappa shape index (κ1) is 15.2. The third-order valence-electron chi connectivity index (χ3n) is 2.92. The highest BCUT2D eigenvalue weighted by atomic mass is 35.5. The minimum absolute atomic E-state index is 0.231. The molecule has 0 saturated heterocycles. The molecule has 0 aliphatic heterocycles. The van der Waals surface area contributed by atoms with Gasteiger partial charge in [0, 0.05) is 17.3 Å². The van der Waals surface area contributed by atoms with Gasteiger partial charge in [-0.05, 0) is 42.8 Å². The zero-order valence-corrected chi connectivity index (χ0v) is 12.5. The number of amides is 1. The Morgan fingerprint density at radius 3 is 2.81 bits per heavy atom. The molecule has 0 saturated carbocycles. The monoisotopic (exact) mass is 304 g/mol. The van der Waals surface area contributed by atoms with Crippen molar-refractivity contribution >= 4 is 23.2 Å². The minimum Gasteiger partial charge on any atom is -0.494 e. The molecule has 0 aliphatic carbocycles. The van der Waals surface area contributed by atoms with Gasteiger partial charge < -0.3 is 15.8 Å². The molecule has 0 unspecified atom stereocenters. The van der Waals surface area contributed by atoms with Crippen LogP contribution in [0, 0.1) is 0 Å². The number of nitrogens with two attached hydrogens (primary N) is 1. The molecule has 21 heavy (non-hydrogen) atoms. The second kappa shape index (κ2) is 6.99. The fourth-order valence-electron chi connectivity index (χ4n) is 1.93. The van der Waals surface area contributed by atoms with Crippen molar-refractivity contribution < 1.29 is 9.53 Å². The van der Waals surface area contributed by atoms with Crippen LogP contribution in [0.15, 0.2) is 42.5 Å². The molecule has 0 fully saturated rings. The zero-order chi connectivity index (χ0) is 15.2. The van der Waals surface area contributed by atoms with Gasteiger partial charge in [0.2, 0.25) is 0 Å². The summed E-state index contributed by atoms with van der Waals surface area (Å²) >= 11 is 5.82. The van der Waals surface area contributed by atoms with E-state index in [-0.39, 0.29) is 5.91 Å². The van der Waals surface area contributed by atoms with E-state index >= 15 is 0 Å². The molecule has 110 valence electrons. The molecule has 2 rings (SSSR count).